The third kappa shape index (κ3) is 7.14. The molecule has 0 aliphatic heterocycles. The van der Waals surface area contributed by atoms with E-state index in [0.717, 1.165) is 29.5 Å². The minimum atomic E-state index is -0.618. The van der Waals surface area contributed by atoms with E-state index in [9.17, 15) is 9.59 Å². The van der Waals surface area contributed by atoms with Crippen LogP contribution in [0.1, 0.15) is 49.8 Å². The molecule has 2 rings (SSSR count). The third-order valence-corrected chi connectivity index (χ3v) is 6.25. The second-order valence-electron chi connectivity index (χ2n) is 7.84. The van der Waals surface area contributed by atoms with Crippen LogP contribution in [-0.2, 0) is 16.1 Å². The van der Waals surface area contributed by atoms with E-state index in [4.69, 9.17) is 27.9 Å². The minimum absolute atomic E-state index is 0.167. The summed E-state index contributed by atoms with van der Waals surface area (Å²) in [5.41, 5.74) is 2.54. The highest BCUT2D eigenvalue weighted by molar-refractivity contribution is 6.32. The molecule has 174 valence electrons. The van der Waals surface area contributed by atoms with Gasteiger partial charge in [-0.15, -0.1) is 0 Å². The molecule has 0 saturated carbocycles. The van der Waals surface area contributed by atoms with Crippen LogP contribution < -0.4 is 10.1 Å². The van der Waals surface area contributed by atoms with Crippen molar-refractivity contribution in [3.8, 4) is 5.75 Å². The Kier molecular flexibility index (Phi) is 10.3. The maximum absolute atomic E-state index is 13.3. The Morgan fingerprint density at radius 2 is 1.75 bits per heavy atom. The first-order valence-electron chi connectivity index (χ1n) is 11.0. The first-order valence-corrected chi connectivity index (χ1v) is 11.7. The molecule has 0 spiro atoms. The number of hydrogen-bond acceptors (Lipinski definition) is 3. The average Bonchev–Trinajstić information content (AvgIpc) is 2.77. The number of amides is 2. The van der Waals surface area contributed by atoms with Crippen LogP contribution in [0.25, 0.3) is 0 Å². The molecule has 2 amide bonds. The Morgan fingerprint density at radius 1 is 1.09 bits per heavy atom. The highest BCUT2D eigenvalue weighted by atomic mass is 35.5. The van der Waals surface area contributed by atoms with E-state index in [1.807, 2.05) is 39.0 Å². The number of nitrogens with zero attached hydrogens (tertiary/aromatic N) is 1. The highest BCUT2D eigenvalue weighted by Gasteiger charge is 2.29. The van der Waals surface area contributed by atoms with E-state index < -0.39 is 6.04 Å². The van der Waals surface area contributed by atoms with Gasteiger partial charge in [-0.25, -0.2) is 0 Å². The topological polar surface area (TPSA) is 58.6 Å². The largest absolute Gasteiger partial charge is 0.484 e. The lowest BCUT2D eigenvalue weighted by molar-refractivity contribution is -0.143. The van der Waals surface area contributed by atoms with E-state index in [1.165, 1.54) is 0 Å². The van der Waals surface area contributed by atoms with Crippen molar-refractivity contribution in [1.29, 1.82) is 0 Å². The summed E-state index contributed by atoms with van der Waals surface area (Å²) in [6.07, 6.45) is 2.35. The summed E-state index contributed by atoms with van der Waals surface area (Å²) < 4.78 is 5.79. The number of unbranched alkanes of at least 4 members (excludes halogenated alkanes) is 1. The van der Waals surface area contributed by atoms with Crippen molar-refractivity contribution in [2.45, 2.75) is 59.5 Å². The van der Waals surface area contributed by atoms with Crippen molar-refractivity contribution in [2.75, 3.05) is 13.2 Å². The Balaban J connectivity index is 2.22. The molecule has 0 aliphatic carbocycles. The lowest BCUT2D eigenvalue weighted by Gasteiger charge is -2.31. The van der Waals surface area contributed by atoms with Crippen molar-refractivity contribution in [2.24, 2.45) is 0 Å². The van der Waals surface area contributed by atoms with Gasteiger partial charge in [0.25, 0.3) is 5.91 Å². The van der Waals surface area contributed by atoms with Crippen LogP contribution in [-0.4, -0.2) is 35.9 Å². The lowest BCUT2D eigenvalue weighted by Crippen LogP contribution is -2.50. The van der Waals surface area contributed by atoms with Gasteiger partial charge in [0.1, 0.15) is 11.8 Å². The molecule has 0 radical (unpaired) electrons. The Labute approximate surface area is 201 Å². The van der Waals surface area contributed by atoms with Crippen LogP contribution >= 0.6 is 23.2 Å². The summed E-state index contributed by atoms with van der Waals surface area (Å²) in [4.78, 5) is 27.7. The summed E-state index contributed by atoms with van der Waals surface area (Å²) in [7, 11) is 0. The number of ether oxygens (including phenoxy) is 1. The van der Waals surface area contributed by atoms with E-state index >= 15 is 0 Å². The monoisotopic (exact) mass is 478 g/mol. The number of halogens is 2. The normalized spacial score (nSPS) is 11.7. The summed E-state index contributed by atoms with van der Waals surface area (Å²) in [5.74, 6) is 0.114. The van der Waals surface area contributed by atoms with Gasteiger partial charge in [-0.1, -0.05) is 61.7 Å². The number of benzene rings is 2. The van der Waals surface area contributed by atoms with Gasteiger partial charge in [0.05, 0.1) is 0 Å². The number of hydrogen-bond donors (Lipinski definition) is 1. The van der Waals surface area contributed by atoms with Crippen molar-refractivity contribution in [3.63, 3.8) is 0 Å². The highest BCUT2D eigenvalue weighted by Crippen LogP contribution is 2.26. The van der Waals surface area contributed by atoms with Crippen LogP contribution in [0.4, 0.5) is 0 Å². The molecule has 2 aromatic carbocycles. The third-order valence-electron chi connectivity index (χ3n) is 5.29. The average molecular weight is 479 g/mol. The molecule has 7 heteroatoms. The molecule has 0 saturated heterocycles. The second-order valence-corrected chi connectivity index (χ2v) is 8.63. The van der Waals surface area contributed by atoms with Gasteiger partial charge < -0.3 is 15.0 Å². The van der Waals surface area contributed by atoms with Gasteiger partial charge in [0, 0.05) is 23.1 Å². The molecule has 1 atom stereocenters. The molecule has 1 unspecified atom stereocenters. The zero-order valence-corrected chi connectivity index (χ0v) is 20.7. The summed E-state index contributed by atoms with van der Waals surface area (Å²) in [5, 5.41) is 4.18. The maximum Gasteiger partial charge on any atom is 0.261 e. The van der Waals surface area contributed by atoms with E-state index in [-0.39, 0.29) is 25.0 Å². The Bertz CT molecular complexity index is 910. The van der Waals surface area contributed by atoms with Crippen molar-refractivity contribution >= 4 is 35.0 Å². The zero-order valence-electron chi connectivity index (χ0n) is 19.2. The Hall–Kier alpha value is -2.24. The van der Waals surface area contributed by atoms with Gasteiger partial charge >= 0.3 is 0 Å². The minimum Gasteiger partial charge on any atom is -0.484 e. The number of carbonyl (C=O) groups excluding carboxylic acids is 2. The predicted octanol–water partition coefficient (Wildman–Crippen LogP) is 5.71. The van der Waals surface area contributed by atoms with E-state index in [0.29, 0.717) is 28.8 Å². The fourth-order valence-corrected chi connectivity index (χ4v) is 3.76. The molecule has 0 fully saturated rings. The van der Waals surface area contributed by atoms with Gasteiger partial charge in [-0.2, -0.15) is 0 Å². The Morgan fingerprint density at radius 3 is 2.34 bits per heavy atom. The van der Waals surface area contributed by atoms with Crippen LogP contribution in [0, 0.1) is 13.8 Å². The quantitative estimate of drug-likeness (QED) is 0.420. The zero-order chi connectivity index (χ0) is 23.7. The number of aryl methyl sites for hydroxylation is 2. The molecule has 0 heterocycles. The first-order chi connectivity index (χ1) is 15.3. The summed E-state index contributed by atoms with van der Waals surface area (Å²) >= 11 is 12.6. The van der Waals surface area contributed by atoms with Crippen molar-refractivity contribution in [1.82, 2.24) is 10.2 Å². The molecule has 32 heavy (non-hydrogen) atoms. The van der Waals surface area contributed by atoms with Crippen molar-refractivity contribution < 1.29 is 14.3 Å². The van der Waals surface area contributed by atoms with Gasteiger partial charge in [0.15, 0.2) is 6.61 Å². The fraction of sp³-hybridized carbons (Fsp3) is 0.440. The SMILES string of the molecule is CCCCNC(=O)C(CC)N(Cc1ccccc1Cl)C(=O)COc1cc(C)c(Cl)c(C)c1. The van der Waals surface area contributed by atoms with Crippen LogP contribution in [0.5, 0.6) is 5.75 Å². The molecule has 0 aliphatic rings. The van der Waals surface area contributed by atoms with Crippen LogP contribution in [0.2, 0.25) is 10.0 Å². The van der Waals surface area contributed by atoms with E-state index in [1.54, 1.807) is 23.1 Å². The van der Waals surface area contributed by atoms with Crippen LogP contribution in [0.3, 0.4) is 0 Å². The van der Waals surface area contributed by atoms with Crippen molar-refractivity contribution in [3.05, 3.63) is 63.1 Å². The molecule has 2 aromatic rings. The first kappa shape index (κ1) is 26.0. The van der Waals surface area contributed by atoms with Gasteiger partial charge in [-0.05, 0) is 61.6 Å². The fourth-order valence-electron chi connectivity index (χ4n) is 3.45. The predicted molar refractivity (Wildman–Crippen MR) is 130 cm³/mol. The molecule has 0 aromatic heterocycles. The lowest BCUT2D eigenvalue weighted by atomic mass is 10.1. The maximum atomic E-state index is 13.3. The van der Waals surface area contributed by atoms with Crippen LogP contribution in [0.15, 0.2) is 36.4 Å². The van der Waals surface area contributed by atoms with E-state index in [2.05, 4.69) is 12.2 Å². The molecule has 1 N–H and O–H groups in total. The molecule has 5 nitrogen and oxygen atoms in total. The molecular formula is C25H32Cl2N2O3. The molecule has 0 bridgehead atoms. The number of nitrogens with one attached hydrogen (secondary N) is 1. The van der Waals surface area contributed by atoms with Gasteiger partial charge in [-0.3, -0.25) is 9.59 Å². The summed E-state index contributed by atoms with van der Waals surface area (Å²) in [6, 6.07) is 10.3. The second kappa shape index (κ2) is 12.7. The number of rotatable bonds is 11. The standard InChI is InChI=1S/C25H32Cl2N2O3/c1-5-7-12-28-25(31)22(6-2)29(15-19-10-8-9-11-21(19)26)23(30)16-32-20-13-17(3)24(27)18(4)14-20/h8-11,13-14,22H,5-7,12,15-16H2,1-4H3,(H,28,31). The summed E-state index contributed by atoms with van der Waals surface area (Å²) in [6.45, 7) is 8.35. The smallest absolute Gasteiger partial charge is 0.261 e. The number of carbonyl (C=O) groups is 2. The van der Waals surface area contributed by atoms with Gasteiger partial charge in [0.2, 0.25) is 5.91 Å². The molecular weight excluding hydrogens is 447 g/mol.